The summed E-state index contributed by atoms with van der Waals surface area (Å²) in [5.41, 5.74) is 0.832. The van der Waals surface area contributed by atoms with Crippen LogP contribution in [-0.4, -0.2) is 35.1 Å². The normalized spacial score (nSPS) is 21.0. The Morgan fingerprint density at radius 2 is 2.46 bits per heavy atom. The lowest BCUT2D eigenvalue weighted by atomic mass is 10.3. The van der Waals surface area contributed by atoms with Crippen molar-refractivity contribution in [3.8, 4) is 0 Å². The first-order valence-electron chi connectivity index (χ1n) is 4.23. The van der Waals surface area contributed by atoms with E-state index in [-0.39, 0.29) is 12.6 Å². The smallest absolute Gasteiger partial charge is 0.147 e. The zero-order chi connectivity index (χ0) is 9.10. The third-order valence-corrected chi connectivity index (χ3v) is 1.94. The third kappa shape index (κ3) is 1.67. The van der Waals surface area contributed by atoms with Crippen LogP contribution in [0.5, 0.6) is 0 Å². The molecule has 4 nitrogen and oxygen atoms in total. The lowest BCUT2D eigenvalue weighted by Gasteiger charge is -2.06. The molecule has 4 heteroatoms. The van der Waals surface area contributed by atoms with E-state index in [1.807, 2.05) is 18.2 Å². The number of nitrogens with one attached hydrogen (secondary N) is 1. The molecule has 0 spiro atoms. The Morgan fingerprint density at radius 3 is 3.08 bits per heavy atom. The van der Waals surface area contributed by atoms with Crippen LogP contribution in [0.2, 0.25) is 0 Å². The first-order chi connectivity index (χ1) is 6.40. The minimum Gasteiger partial charge on any atom is -0.394 e. The van der Waals surface area contributed by atoms with Crippen molar-refractivity contribution in [1.82, 2.24) is 10.3 Å². The maximum Gasteiger partial charge on any atom is 0.147 e. The van der Waals surface area contributed by atoms with Crippen LogP contribution in [-0.2, 0) is 0 Å². The Balaban J connectivity index is 2.12. The Morgan fingerprint density at radius 1 is 1.54 bits per heavy atom. The fourth-order valence-electron chi connectivity index (χ4n) is 1.25. The van der Waals surface area contributed by atoms with Gasteiger partial charge in [-0.2, -0.15) is 0 Å². The van der Waals surface area contributed by atoms with Crippen molar-refractivity contribution < 1.29 is 5.11 Å². The van der Waals surface area contributed by atoms with Crippen LogP contribution in [0.4, 0.5) is 0 Å². The predicted octanol–water partition coefficient (Wildman–Crippen LogP) is -0.208. The highest BCUT2D eigenvalue weighted by atomic mass is 16.3. The molecule has 1 aliphatic heterocycles. The molecule has 2 heterocycles. The van der Waals surface area contributed by atoms with Crippen LogP contribution in [0.25, 0.3) is 0 Å². The van der Waals surface area contributed by atoms with Gasteiger partial charge in [-0.1, -0.05) is 6.07 Å². The Hall–Kier alpha value is -1.42. The number of aliphatic hydroxyl groups excluding tert-OH is 1. The standard InChI is InChI=1S/C9H11N3O/c13-6-7-5-11-9(12-7)8-3-1-2-4-10-8/h1-4,7,13H,5-6H2,(H,11,12)/t7-/m1/s1. The van der Waals surface area contributed by atoms with Gasteiger partial charge in [-0.15, -0.1) is 0 Å². The highest BCUT2D eigenvalue weighted by Gasteiger charge is 2.17. The number of hydrogen-bond acceptors (Lipinski definition) is 4. The quantitative estimate of drug-likeness (QED) is 0.657. The van der Waals surface area contributed by atoms with Crippen LogP contribution in [0, 0.1) is 0 Å². The fourth-order valence-corrected chi connectivity index (χ4v) is 1.25. The monoisotopic (exact) mass is 177 g/mol. The summed E-state index contributed by atoms with van der Waals surface area (Å²) in [6.45, 7) is 0.738. The molecule has 1 aliphatic rings. The summed E-state index contributed by atoms with van der Waals surface area (Å²) in [7, 11) is 0. The van der Waals surface area contributed by atoms with Gasteiger partial charge in [0.15, 0.2) is 0 Å². The second kappa shape index (κ2) is 3.53. The number of amidine groups is 1. The van der Waals surface area contributed by atoms with Crippen molar-refractivity contribution >= 4 is 5.84 Å². The van der Waals surface area contributed by atoms with E-state index in [1.54, 1.807) is 6.20 Å². The maximum absolute atomic E-state index is 8.87. The van der Waals surface area contributed by atoms with Crippen molar-refractivity contribution in [3.05, 3.63) is 30.1 Å². The number of pyridine rings is 1. The highest BCUT2D eigenvalue weighted by Crippen LogP contribution is 2.02. The summed E-state index contributed by atoms with van der Waals surface area (Å²) in [6, 6.07) is 5.73. The Bertz CT molecular complexity index is 310. The molecule has 0 bridgehead atoms. The van der Waals surface area contributed by atoms with Crippen molar-refractivity contribution in [1.29, 1.82) is 0 Å². The van der Waals surface area contributed by atoms with Gasteiger partial charge >= 0.3 is 0 Å². The molecule has 0 saturated heterocycles. The van der Waals surface area contributed by atoms with E-state index in [9.17, 15) is 0 Å². The summed E-state index contributed by atoms with van der Waals surface area (Å²) in [5, 5.41) is 12.0. The second-order valence-electron chi connectivity index (χ2n) is 2.93. The predicted molar refractivity (Wildman–Crippen MR) is 49.7 cm³/mol. The summed E-state index contributed by atoms with van der Waals surface area (Å²) < 4.78 is 0. The van der Waals surface area contributed by atoms with E-state index in [0.29, 0.717) is 6.54 Å². The molecule has 0 aliphatic carbocycles. The van der Waals surface area contributed by atoms with Crippen LogP contribution < -0.4 is 5.32 Å². The zero-order valence-corrected chi connectivity index (χ0v) is 7.14. The van der Waals surface area contributed by atoms with E-state index in [0.717, 1.165) is 11.5 Å². The first-order valence-corrected chi connectivity index (χ1v) is 4.23. The Kier molecular flexibility index (Phi) is 2.23. The zero-order valence-electron chi connectivity index (χ0n) is 7.14. The van der Waals surface area contributed by atoms with Gasteiger partial charge in [0.1, 0.15) is 11.5 Å². The number of aromatic nitrogens is 1. The SMILES string of the molecule is OC[C@H]1CN=C(c2ccccn2)N1. The van der Waals surface area contributed by atoms with Crippen molar-refractivity contribution in [3.63, 3.8) is 0 Å². The second-order valence-corrected chi connectivity index (χ2v) is 2.93. The molecule has 1 aromatic heterocycles. The maximum atomic E-state index is 8.87. The highest BCUT2D eigenvalue weighted by molar-refractivity contribution is 5.98. The van der Waals surface area contributed by atoms with Crippen LogP contribution in [0.3, 0.4) is 0 Å². The van der Waals surface area contributed by atoms with Gasteiger partial charge in [-0.3, -0.25) is 9.98 Å². The van der Waals surface area contributed by atoms with Gasteiger partial charge in [-0.25, -0.2) is 0 Å². The molecule has 0 unspecified atom stereocenters. The number of aliphatic imine (C=N–C) groups is 1. The minimum atomic E-state index is 0.0528. The number of hydrogen-bond donors (Lipinski definition) is 2. The molecule has 0 fully saturated rings. The van der Waals surface area contributed by atoms with Crippen molar-refractivity contribution in [2.45, 2.75) is 6.04 Å². The summed E-state index contributed by atoms with van der Waals surface area (Å²) in [4.78, 5) is 8.40. The third-order valence-electron chi connectivity index (χ3n) is 1.94. The molecule has 2 N–H and O–H groups in total. The van der Waals surface area contributed by atoms with E-state index in [1.165, 1.54) is 0 Å². The number of rotatable bonds is 2. The van der Waals surface area contributed by atoms with Crippen molar-refractivity contribution in [2.75, 3.05) is 13.2 Å². The molecule has 0 radical (unpaired) electrons. The molecule has 0 aromatic carbocycles. The molecular formula is C9H11N3O. The van der Waals surface area contributed by atoms with Gasteiger partial charge < -0.3 is 10.4 Å². The average Bonchev–Trinajstić information content (AvgIpc) is 2.67. The molecule has 0 amide bonds. The van der Waals surface area contributed by atoms with Gasteiger partial charge in [0.2, 0.25) is 0 Å². The van der Waals surface area contributed by atoms with E-state index >= 15 is 0 Å². The van der Waals surface area contributed by atoms with Crippen LogP contribution in [0.15, 0.2) is 29.4 Å². The van der Waals surface area contributed by atoms with Gasteiger partial charge in [-0.05, 0) is 12.1 Å². The number of aliphatic hydroxyl groups is 1. The fraction of sp³-hybridized carbons (Fsp3) is 0.333. The first kappa shape index (κ1) is 8.19. The van der Waals surface area contributed by atoms with E-state index in [4.69, 9.17) is 5.11 Å². The van der Waals surface area contributed by atoms with E-state index in [2.05, 4.69) is 15.3 Å². The topological polar surface area (TPSA) is 57.5 Å². The van der Waals surface area contributed by atoms with Crippen LogP contribution in [0.1, 0.15) is 5.69 Å². The van der Waals surface area contributed by atoms with E-state index < -0.39 is 0 Å². The number of nitrogens with zero attached hydrogens (tertiary/aromatic N) is 2. The molecule has 2 rings (SSSR count). The largest absolute Gasteiger partial charge is 0.394 e. The Labute approximate surface area is 76.3 Å². The molecule has 0 saturated carbocycles. The van der Waals surface area contributed by atoms with Gasteiger partial charge in [0, 0.05) is 6.20 Å². The van der Waals surface area contributed by atoms with Gasteiger partial charge in [0.05, 0.1) is 19.2 Å². The summed E-state index contributed by atoms with van der Waals surface area (Å²) >= 11 is 0. The van der Waals surface area contributed by atoms with Crippen molar-refractivity contribution in [2.24, 2.45) is 4.99 Å². The molecular weight excluding hydrogens is 166 g/mol. The van der Waals surface area contributed by atoms with Gasteiger partial charge in [0.25, 0.3) is 0 Å². The summed E-state index contributed by atoms with van der Waals surface area (Å²) in [6.07, 6.45) is 1.73. The lowest BCUT2D eigenvalue weighted by Crippen LogP contribution is -2.33. The molecule has 1 atom stereocenters. The molecule has 1 aromatic rings. The molecule has 13 heavy (non-hydrogen) atoms. The molecule has 68 valence electrons. The van der Waals surface area contributed by atoms with Crippen LogP contribution >= 0.6 is 0 Å². The minimum absolute atomic E-state index is 0.0528. The average molecular weight is 177 g/mol. The lowest BCUT2D eigenvalue weighted by molar-refractivity contribution is 0.263. The summed E-state index contributed by atoms with van der Waals surface area (Å²) in [5.74, 6) is 0.777.